The lowest BCUT2D eigenvalue weighted by Gasteiger charge is -2.13. The van der Waals surface area contributed by atoms with Gasteiger partial charge in [-0.05, 0) is 14.0 Å². The normalized spacial score (nSPS) is 10.8. The first-order valence-corrected chi connectivity index (χ1v) is 5.81. The predicted octanol–water partition coefficient (Wildman–Crippen LogP) is 1.02. The zero-order chi connectivity index (χ0) is 12.7. The maximum atomic E-state index is 11.2. The van der Waals surface area contributed by atoms with E-state index in [1.807, 2.05) is 18.9 Å². The van der Waals surface area contributed by atoms with Gasteiger partial charge in [-0.1, -0.05) is 6.92 Å². The second-order valence-corrected chi connectivity index (χ2v) is 3.74. The van der Waals surface area contributed by atoms with Crippen molar-refractivity contribution in [2.45, 2.75) is 33.2 Å². The van der Waals surface area contributed by atoms with Crippen molar-refractivity contribution in [3.05, 3.63) is 11.8 Å². The largest absolute Gasteiger partial charge is 0.466 e. The zero-order valence-electron chi connectivity index (χ0n) is 10.6. The quantitative estimate of drug-likeness (QED) is 0.664. The fourth-order valence-electron chi connectivity index (χ4n) is 1.32. The van der Waals surface area contributed by atoms with Crippen LogP contribution in [-0.4, -0.2) is 41.3 Å². The van der Waals surface area contributed by atoms with Gasteiger partial charge in [0.15, 0.2) is 0 Å². The summed E-state index contributed by atoms with van der Waals surface area (Å²) in [4.78, 5) is 13.1. The summed E-state index contributed by atoms with van der Waals surface area (Å²) in [5.41, 5.74) is 0. The fourth-order valence-corrected chi connectivity index (χ4v) is 1.32. The summed E-state index contributed by atoms with van der Waals surface area (Å²) in [6.45, 7) is 5.34. The minimum absolute atomic E-state index is 0.181. The summed E-state index contributed by atoms with van der Waals surface area (Å²) < 4.78 is 10.2. The molecule has 0 saturated heterocycles. The van der Waals surface area contributed by atoms with Crippen LogP contribution in [0.25, 0.3) is 0 Å². The van der Waals surface area contributed by atoms with Gasteiger partial charge < -0.3 is 9.15 Å². The van der Waals surface area contributed by atoms with Crippen LogP contribution >= 0.6 is 0 Å². The van der Waals surface area contributed by atoms with Gasteiger partial charge in [-0.2, -0.15) is 0 Å². The summed E-state index contributed by atoms with van der Waals surface area (Å²) in [6.07, 6.45) is 1.11. The maximum absolute atomic E-state index is 11.2. The van der Waals surface area contributed by atoms with Gasteiger partial charge in [0.1, 0.15) is 0 Å². The second-order valence-electron chi connectivity index (χ2n) is 3.74. The van der Waals surface area contributed by atoms with Crippen LogP contribution in [0.3, 0.4) is 0 Å². The number of rotatable bonds is 7. The van der Waals surface area contributed by atoms with Crippen LogP contribution in [0.15, 0.2) is 4.42 Å². The maximum Gasteiger partial charge on any atom is 0.307 e. The molecule has 0 aromatic carbocycles. The Labute approximate surface area is 101 Å². The van der Waals surface area contributed by atoms with Crippen molar-refractivity contribution in [3.63, 3.8) is 0 Å². The average molecular weight is 241 g/mol. The molecule has 0 bridgehead atoms. The van der Waals surface area contributed by atoms with Gasteiger partial charge >= 0.3 is 5.97 Å². The first kappa shape index (κ1) is 13.6. The first-order valence-electron chi connectivity index (χ1n) is 5.81. The van der Waals surface area contributed by atoms with Crippen molar-refractivity contribution < 1.29 is 13.9 Å². The van der Waals surface area contributed by atoms with Gasteiger partial charge in [-0.15, -0.1) is 10.2 Å². The lowest BCUT2D eigenvalue weighted by atomic mass is 10.4. The van der Waals surface area contributed by atoms with Gasteiger partial charge in [0, 0.05) is 13.0 Å². The number of nitrogens with zero attached hydrogens (tertiary/aromatic N) is 3. The molecule has 0 amide bonds. The minimum atomic E-state index is -0.181. The molecule has 1 heterocycles. The molecule has 0 radical (unpaired) electrons. The molecule has 0 spiro atoms. The van der Waals surface area contributed by atoms with Crippen LogP contribution in [0.2, 0.25) is 0 Å². The molecule has 6 heteroatoms. The van der Waals surface area contributed by atoms with Gasteiger partial charge in [0.05, 0.1) is 19.6 Å². The Kier molecular flexibility index (Phi) is 5.62. The van der Waals surface area contributed by atoms with Gasteiger partial charge in [-0.3, -0.25) is 9.69 Å². The molecule has 17 heavy (non-hydrogen) atoms. The predicted molar refractivity (Wildman–Crippen MR) is 61.3 cm³/mol. The lowest BCUT2D eigenvalue weighted by molar-refractivity contribution is -0.143. The molecular formula is C11H19N3O3. The number of ether oxygens (including phenoxy) is 1. The number of carbonyl (C=O) groups excluding carboxylic acids is 1. The third-order valence-electron chi connectivity index (χ3n) is 2.22. The standard InChI is InChI=1S/C11H19N3O3/c1-4-9-12-13-10(17-9)8-14(3)7-6-11(15)16-5-2/h4-8H2,1-3H3. The Morgan fingerprint density at radius 3 is 2.65 bits per heavy atom. The van der Waals surface area contributed by atoms with E-state index >= 15 is 0 Å². The summed E-state index contributed by atoms with van der Waals surface area (Å²) in [5.74, 6) is 1.03. The number of aryl methyl sites for hydroxylation is 1. The van der Waals surface area contributed by atoms with Crippen LogP contribution in [0, 0.1) is 0 Å². The molecule has 0 unspecified atom stereocenters. The highest BCUT2D eigenvalue weighted by molar-refractivity contribution is 5.69. The van der Waals surface area contributed by atoms with Crippen molar-refractivity contribution in [2.24, 2.45) is 0 Å². The fraction of sp³-hybridized carbons (Fsp3) is 0.727. The molecule has 0 aliphatic rings. The Hall–Kier alpha value is -1.43. The van der Waals surface area contributed by atoms with Crippen molar-refractivity contribution in [3.8, 4) is 0 Å². The smallest absolute Gasteiger partial charge is 0.307 e. The SMILES string of the molecule is CCOC(=O)CCN(C)Cc1nnc(CC)o1. The van der Waals surface area contributed by atoms with Crippen molar-refractivity contribution in [1.82, 2.24) is 15.1 Å². The molecule has 1 aromatic rings. The first-order chi connectivity index (χ1) is 8.15. The Morgan fingerprint density at radius 1 is 1.35 bits per heavy atom. The summed E-state index contributed by atoms with van der Waals surface area (Å²) in [7, 11) is 1.90. The third kappa shape index (κ3) is 4.95. The van der Waals surface area contributed by atoms with Gasteiger partial charge in [0.2, 0.25) is 11.8 Å². The van der Waals surface area contributed by atoms with E-state index in [-0.39, 0.29) is 5.97 Å². The summed E-state index contributed by atoms with van der Waals surface area (Å²) >= 11 is 0. The molecule has 0 aliphatic heterocycles. The number of esters is 1. The lowest BCUT2D eigenvalue weighted by Crippen LogP contribution is -2.22. The van der Waals surface area contributed by atoms with Crippen LogP contribution in [0.4, 0.5) is 0 Å². The highest BCUT2D eigenvalue weighted by atomic mass is 16.5. The molecule has 6 nitrogen and oxygen atoms in total. The third-order valence-corrected chi connectivity index (χ3v) is 2.22. The molecule has 0 fully saturated rings. The average Bonchev–Trinajstić information content (AvgIpc) is 2.74. The molecule has 0 N–H and O–H groups in total. The molecule has 1 aromatic heterocycles. The monoisotopic (exact) mass is 241 g/mol. The Bertz CT molecular complexity index is 351. The molecule has 96 valence electrons. The summed E-state index contributed by atoms with van der Waals surface area (Å²) in [5, 5.41) is 7.79. The van der Waals surface area contributed by atoms with Gasteiger partial charge in [-0.25, -0.2) is 0 Å². The molecule has 0 atom stereocenters. The highest BCUT2D eigenvalue weighted by Gasteiger charge is 2.09. The van der Waals surface area contributed by atoms with E-state index in [0.29, 0.717) is 37.9 Å². The Morgan fingerprint density at radius 2 is 2.06 bits per heavy atom. The molecule has 1 rings (SSSR count). The minimum Gasteiger partial charge on any atom is -0.466 e. The van der Waals surface area contributed by atoms with Gasteiger partial charge in [0.25, 0.3) is 0 Å². The van der Waals surface area contributed by atoms with E-state index in [2.05, 4.69) is 10.2 Å². The van der Waals surface area contributed by atoms with Crippen LogP contribution in [0.5, 0.6) is 0 Å². The zero-order valence-corrected chi connectivity index (χ0v) is 10.6. The number of hydrogen-bond acceptors (Lipinski definition) is 6. The summed E-state index contributed by atoms with van der Waals surface area (Å²) in [6, 6.07) is 0. The van der Waals surface area contributed by atoms with E-state index in [4.69, 9.17) is 9.15 Å². The number of hydrogen-bond donors (Lipinski definition) is 0. The number of carbonyl (C=O) groups is 1. The van der Waals surface area contributed by atoms with E-state index in [9.17, 15) is 4.79 Å². The second kappa shape index (κ2) is 7.01. The van der Waals surface area contributed by atoms with E-state index in [1.165, 1.54) is 0 Å². The van der Waals surface area contributed by atoms with Crippen LogP contribution in [0.1, 0.15) is 32.0 Å². The molecular weight excluding hydrogens is 222 g/mol. The molecule has 0 aliphatic carbocycles. The van der Waals surface area contributed by atoms with Crippen LogP contribution < -0.4 is 0 Å². The van der Waals surface area contributed by atoms with Crippen molar-refractivity contribution in [2.75, 3.05) is 20.2 Å². The van der Waals surface area contributed by atoms with E-state index in [1.54, 1.807) is 6.92 Å². The van der Waals surface area contributed by atoms with E-state index < -0.39 is 0 Å². The van der Waals surface area contributed by atoms with E-state index in [0.717, 1.165) is 6.42 Å². The molecule has 0 saturated carbocycles. The van der Waals surface area contributed by atoms with Crippen LogP contribution in [-0.2, 0) is 22.5 Å². The topological polar surface area (TPSA) is 68.5 Å². The van der Waals surface area contributed by atoms with Crippen molar-refractivity contribution >= 4 is 5.97 Å². The number of aromatic nitrogens is 2. The van der Waals surface area contributed by atoms with Crippen molar-refractivity contribution in [1.29, 1.82) is 0 Å². The Balaban J connectivity index is 2.29. The highest BCUT2D eigenvalue weighted by Crippen LogP contribution is 2.03.